The van der Waals surface area contributed by atoms with Crippen molar-refractivity contribution in [2.45, 2.75) is 31.3 Å². The molecule has 2 N–H and O–H groups in total. The van der Waals surface area contributed by atoms with E-state index < -0.39 is 0 Å². The first-order chi connectivity index (χ1) is 4.16. The summed E-state index contributed by atoms with van der Waals surface area (Å²) in [7, 11) is 0. The molecule has 2 unspecified atom stereocenters. The molecule has 0 spiro atoms. The van der Waals surface area contributed by atoms with Crippen LogP contribution < -0.4 is 10.6 Å². The molecule has 2 aliphatic rings. The second-order valence-corrected chi connectivity index (χ2v) is 3.69. The Kier molecular flexibility index (Phi) is 0.837. The Morgan fingerprint density at radius 3 is 1.78 bits per heavy atom. The lowest BCUT2D eigenvalue weighted by molar-refractivity contribution is 0.358. The largest absolute Gasteiger partial charge is 0.308 e. The molecule has 0 aromatic heterocycles. The lowest BCUT2D eigenvalue weighted by Crippen LogP contribution is -2.52. The molecule has 1 saturated heterocycles. The van der Waals surface area contributed by atoms with Gasteiger partial charge in [-0.05, 0) is 20.3 Å². The summed E-state index contributed by atoms with van der Waals surface area (Å²) in [4.78, 5) is 0. The van der Waals surface area contributed by atoms with Crippen LogP contribution in [0.4, 0.5) is 0 Å². The van der Waals surface area contributed by atoms with Crippen molar-refractivity contribution >= 4 is 0 Å². The summed E-state index contributed by atoms with van der Waals surface area (Å²) in [5, 5.41) is 7.02. The van der Waals surface area contributed by atoms with Crippen LogP contribution in [-0.2, 0) is 0 Å². The summed E-state index contributed by atoms with van der Waals surface area (Å²) in [6.45, 7) is 6.84. The summed E-state index contributed by atoms with van der Waals surface area (Å²) in [6.07, 6.45) is 1.29. The molecule has 2 nitrogen and oxygen atoms in total. The molecule has 1 aliphatic carbocycles. The Bertz CT molecular complexity index is 122. The number of hydrogen-bond acceptors (Lipinski definition) is 2. The average Bonchev–Trinajstić information content (AvgIpc) is 2.33. The van der Waals surface area contributed by atoms with Crippen LogP contribution in [0.3, 0.4) is 0 Å². The van der Waals surface area contributed by atoms with E-state index in [4.69, 9.17) is 0 Å². The first kappa shape index (κ1) is 5.69. The fraction of sp³-hybridized carbons (Fsp3) is 1.00. The summed E-state index contributed by atoms with van der Waals surface area (Å²) in [6, 6.07) is 0. The second-order valence-electron chi connectivity index (χ2n) is 3.69. The van der Waals surface area contributed by atoms with Gasteiger partial charge < -0.3 is 10.6 Å². The minimum Gasteiger partial charge on any atom is -0.308 e. The zero-order valence-electron chi connectivity index (χ0n) is 6.12. The Morgan fingerprint density at radius 1 is 1.00 bits per heavy atom. The van der Waals surface area contributed by atoms with Crippen molar-refractivity contribution in [1.82, 2.24) is 10.6 Å². The monoisotopic (exact) mass is 126 g/mol. The fourth-order valence-electron chi connectivity index (χ4n) is 1.85. The number of fused-ring (bicyclic) bond motifs is 1. The lowest BCUT2D eigenvalue weighted by Gasteiger charge is -2.27. The lowest BCUT2D eigenvalue weighted by atomic mass is 10.1. The van der Waals surface area contributed by atoms with Crippen LogP contribution in [0, 0.1) is 0 Å². The Morgan fingerprint density at radius 2 is 1.44 bits per heavy atom. The molecule has 0 aromatic rings. The van der Waals surface area contributed by atoms with E-state index in [1.165, 1.54) is 6.42 Å². The van der Waals surface area contributed by atoms with Gasteiger partial charge in [-0.15, -0.1) is 0 Å². The third kappa shape index (κ3) is 0.578. The van der Waals surface area contributed by atoms with Crippen molar-refractivity contribution in [3.05, 3.63) is 0 Å². The van der Waals surface area contributed by atoms with Gasteiger partial charge in [0, 0.05) is 24.2 Å². The normalized spacial score (nSPS) is 56.7. The van der Waals surface area contributed by atoms with E-state index in [0.717, 1.165) is 13.1 Å². The van der Waals surface area contributed by atoms with E-state index in [0.29, 0.717) is 11.1 Å². The molecule has 2 atom stereocenters. The third-order valence-electron chi connectivity index (χ3n) is 2.96. The molecule has 1 aliphatic heterocycles. The maximum absolute atomic E-state index is 3.51. The van der Waals surface area contributed by atoms with E-state index in [2.05, 4.69) is 24.5 Å². The zero-order valence-corrected chi connectivity index (χ0v) is 6.12. The van der Waals surface area contributed by atoms with Crippen LogP contribution in [0.15, 0.2) is 0 Å². The van der Waals surface area contributed by atoms with Crippen LogP contribution in [0.5, 0.6) is 0 Å². The van der Waals surface area contributed by atoms with E-state index >= 15 is 0 Å². The third-order valence-corrected chi connectivity index (χ3v) is 2.96. The van der Waals surface area contributed by atoms with Crippen molar-refractivity contribution in [2.24, 2.45) is 0 Å². The van der Waals surface area contributed by atoms with Crippen LogP contribution in [0.1, 0.15) is 20.3 Å². The molecule has 0 bridgehead atoms. The molecule has 0 aromatic carbocycles. The highest BCUT2D eigenvalue weighted by molar-refractivity contribution is 5.25. The molecule has 2 heteroatoms. The number of nitrogens with one attached hydrogen (secondary N) is 2. The number of piperazine rings is 1. The van der Waals surface area contributed by atoms with E-state index in [9.17, 15) is 0 Å². The first-order valence-corrected chi connectivity index (χ1v) is 3.66. The highest BCUT2D eigenvalue weighted by Crippen LogP contribution is 2.47. The number of hydrogen-bond donors (Lipinski definition) is 2. The molecule has 2 rings (SSSR count). The van der Waals surface area contributed by atoms with Gasteiger partial charge in [-0.3, -0.25) is 0 Å². The summed E-state index contributed by atoms with van der Waals surface area (Å²) < 4.78 is 0. The zero-order chi connectivity index (χ0) is 6.54. The summed E-state index contributed by atoms with van der Waals surface area (Å²) in [5.41, 5.74) is 0.844. The van der Waals surface area contributed by atoms with Crippen LogP contribution in [0.25, 0.3) is 0 Å². The molecular weight excluding hydrogens is 112 g/mol. The van der Waals surface area contributed by atoms with Crippen molar-refractivity contribution in [1.29, 1.82) is 0 Å². The molecule has 52 valence electrons. The predicted molar refractivity (Wildman–Crippen MR) is 37.4 cm³/mol. The molecule has 2 fully saturated rings. The quantitative estimate of drug-likeness (QED) is 0.481. The van der Waals surface area contributed by atoms with Crippen molar-refractivity contribution in [2.75, 3.05) is 13.1 Å². The minimum atomic E-state index is 0.422. The predicted octanol–water partition coefficient (Wildman–Crippen LogP) is 0.100. The van der Waals surface area contributed by atoms with Crippen LogP contribution in [-0.4, -0.2) is 24.2 Å². The highest BCUT2D eigenvalue weighted by atomic mass is 15.2. The molecular formula is C7H14N2. The smallest absolute Gasteiger partial charge is 0.0352 e. The summed E-state index contributed by atoms with van der Waals surface area (Å²) >= 11 is 0. The van der Waals surface area contributed by atoms with Crippen molar-refractivity contribution in [3.63, 3.8) is 0 Å². The topological polar surface area (TPSA) is 24.1 Å². The van der Waals surface area contributed by atoms with Crippen molar-refractivity contribution < 1.29 is 0 Å². The average molecular weight is 126 g/mol. The maximum Gasteiger partial charge on any atom is 0.0352 e. The highest BCUT2D eigenvalue weighted by Gasteiger charge is 2.61. The Hall–Kier alpha value is -0.0800. The molecule has 0 amide bonds. The van der Waals surface area contributed by atoms with Gasteiger partial charge >= 0.3 is 0 Å². The van der Waals surface area contributed by atoms with Crippen LogP contribution in [0.2, 0.25) is 0 Å². The van der Waals surface area contributed by atoms with Crippen LogP contribution >= 0.6 is 0 Å². The molecule has 1 saturated carbocycles. The van der Waals surface area contributed by atoms with Gasteiger partial charge in [0.15, 0.2) is 0 Å². The van der Waals surface area contributed by atoms with E-state index in [1.807, 2.05) is 0 Å². The van der Waals surface area contributed by atoms with Gasteiger partial charge in [0.05, 0.1) is 0 Å². The van der Waals surface area contributed by atoms with E-state index in [-0.39, 0.29) is 0 Å². The van der Waals surface area contributed by atoms with Gasteiger partial charge in [-0.1, -0.05) is 0 Å². The first-order valence-electron chi connectivity index (χ1n) is 3.66. The Labute approximate surface area is 56.0 Å². The summed E-state index contributed by atoms with van der Waals surface area (Å²) in [5.74, 6) is 0. The SMILES string of the molecule is CC12CC1(C)NCCN2. The van der Waals surface area contributed by atoms with Crippen molar-refractivity contribution in [3.8, 4) is 0 Å². The second kappa shape index (κ2) is 1.32. The molecule has 1 heterocycles. The minimum absolute atomic E-state index is 0.422. The molecule has 9 heavy (non-hydrogen) atoms. The molecule has 0 radical (unpaired) electrons. The fourth-order valence-corrected chi connectivity index (χ4v) is 1.85. The standard InChI is InChI=1S/C7H14N2/c1-6-5-7(6,2)9-4-3-8-6/h8-9H,3-5H2,1-2H3. The van der Waals surface area contributed by atoms with Gasteiger partial charge in [0.1, 0.15) is 0 Å². The maximum atomic E-state index is 3.51. The van der Waals surface area contributed by atoms with Gasteiger partial charge in [-0.25, -0.2) is 0 Å². The van der Waals surface area contributed by atoms with E-state index in [1.54, 1.807) is 0 Å². The van der Waals surface area contributed by atoms with Gasteiger partial charge in [-0.2, -0.15) is 0 Å². The van der Waals surface area contributed by atoms with Gasteiger partial charge in [0.25, 0.3) is 0 Å². The number of rotatable bonds is 0. The Balaban J connectivity index is 2.15. The van der Waals surface area contributed by atoms with Gasteiger partial charge in [0.2, 0.25) is 0 Å².